The van der Waals surface area contributed by atoms with E-state index in [0.717, 1.165) is 6.42 Å². The SMILES string of the molecule is CC(CC(Oc1cc(Cl)c(Cl)cc1Cl)C(=O)O)CC(C)(C)C. The number of aliphatic carboxylic acids is 1. The second-order valence-electron chi connectivity index (χ2n) is 6.75. The number of ether oxygens (including phenoxy) is 1. The van der Waals surface area contributed by atoms with Gasteiger partial charge in [0.2, 0.25) is 0 Å². The summed E-state index contributed by atoms with van der Waals surface area (Å²) < 4.78 is 5.55. The molecule has 0 fully saturated rings. The zero-order valence-electron chi connectivity index (χ0n) is 13.1. The van der Waals surface area contributed by atoms with Crippen LogP contribution in [-0.4, -0.2) is 17.2 Å². The molecule has 22 heavy (non-hydrogen) atoms. The molecule has 0 heterocycles. The van der Waals surface area contributed by atoms with Crippen molar-refractivity contribution in [1.29, 1.82) is 0 Å². The van der Waals surface area contributed by atoms with Crippen molar-refractivity contribution in [2.45, 2.75) is 46.6 Å². The van der Waals surface area contributed by atoms with Gasteiger partial charge in [0.25, 0.3) is 0 Å². The van der Waals surface area contributed by atoms with Gasteiger partial charge in [-0.05, 0) is 30.2 Å². The van der Waals surface area contributed by atoms with Crippen LogP contribution in [0, 0.1) is 11.3 Å². The fourth-order valence-corrected chi connectivity index (χ4v) is 3.02. The van der Waals surface area contributed by atoms with Gasteiger partial charge >= 0.3 is 5.97 Å². The van der Waals surface area contributed by atoms with Crippen LogP contribution in [0.3, 0.4) is 0 Å². The monoisotopic (exact) mass is 366 g/mol. The van der Waals surface area contributed by atoms with Crippen LogP contribution in [0.4, 0.5) is 0 Å². The number of hydrogen-bond acceptors (Lipinski definition) is 2. The zero-order valence-corrected chi connectivity index (χ0v) is 15.4. The Balaban J connectivity index is 2.85. The molecule has 0 aliphatic carbocycles. The zero-order chi connectivity index (χ0) is 17.1. The van der Waals surface area contributed by atoms with Gasteiger partial charge in [0, 0.05) is 6.07 Å². The van der Waals surface area contributed by atoms with Crippen LogP contribution in [-0.2, 0) is 4.79 Å². The lowest BCUT2D eigenvalue weighted by Gasteiger charge is -2.25. The van der Waals surface area contributed by atoms with E-state index in [1.54, 1.807) is 0 Å². The van der Waals surface area contributed by atoms with Crippen molar-refractivity contribution in [2.24, 2.45) is 11.3 Å². The number of rotatable bonds is 6. The number of benzene rings is 1. The molecule has 0 aliphatic rings. The molecule has 0 bridgehead atoms. The van der Waals surface area contributed by atoms with E-state index in [2.05, 4.69) is 20.8 Å². The molecule has 6 heteroatoms. The first-order valence-corrected chi connectivity index (χ1v) is 8.17. The molecule has 0 saturated carbocycles. The molecule has 3 nitrogen and oxygen atoms in total. The smallest absolute Gasteiger partial charge is 0.344 e. The average molecular weight is 368 g/mol. The van der Waals surface area contributed by atoms with Crippen molar-refractivity contribution in [2.75, 3.05) is 0 Å². The third-order valence-electron chi connectivity index (χ3n) is 3.10. The first-order valence-electron chi connectivity index (χ1n) is 7.03. The fraction of sp³-hybridized carbons (Fsp3) is 0.562. The molecule has 2 unspecified atom stereocenters. The van der Waals surface area contributed by atoms with Crippen LogP contribution >= 0.6 is 34.8 Å². The van der Waals surface area contributed by atoms with Gasteiger partial charge in [0.15, 0.2) is 6.10 Å². The van der Waals surface area contributed by atoms with E-state index >= 15 is 0 Å². The molecule has 0 aromatic heterocycles. The van der Waals surface area contributed by atoms with Crippen molar-refractivity contribution in [1.82, 2.24) is 0 Å². The van der Waals surface area contributed by atoms with Gasteiger partial charge in [-0.25, -0.2) is 4.79 Å². The predicted molar refractivity (Wildman–Crippen MR) is 91.4 cm³/mol. The maximum absolute atomic E-state index is 11.4. The highest BCUT2D eigenvalue weighted by Gasteiger charge is 2.26. The van der Waals surface area contributed by atoms with Crippen LogP contribution in [0.1, 0.15) is 40.5 Å². The maximum Gasteiger partial charge on any atom is 0.344 e. The Morgan fingerprint density at radius 3 is 2.23 bits per heavy atom. The van der Waals surface area contributed by atoms with Crippen molar-refractivity contribution < 1.29 is 14.6 Å². The van der Waals surface area contributed by atoms with Crippen LogP contribution in [0.15, 0.2) is 12.1 Å². The summed E-state index contributed by atoms with van der Waals surface area (Å²) in [4.78, 5) is 11.4. The topological polar surface area (TPSA) is 46.5 Å². The summed E-state index contributed by atoms with van der Waals surface area (Å²) in [6.45, 7) is 8.38. The van der Waals surface area contributed by atoms with Crippen molar-refractivity contribution in [3.8, 4) is 5.75 Å². The van der Waals surface area contributed by atoms with Crippen molar-refractivity contribution in [3.63, 3.8) is 0 Å². The highest BCUT2D eigenvalue weighted by atomic mass is 35.5. The van der Waals surface area contributed by atoms with Gasteiger partial charge in [0.05, 0.1) is 15.1 Å². The van der Waals surface area contributed by atoms with Gasteiger partial charge in [0.1, 0.15) is 5.75 Å². The minimum Gasteiger partial charge on any atom is -0.479 e. The third-order valence-corrected chi connectivity index (χ3v) is 4.11. The summed E-state index contributed by atoms with van der Waals surface area (Å²) in [6.07, 6.45) is 0.311. The van der Waals surface area contributed by atoms with Gasteiger partial charge in [-0.2, -0.15) is 0 Å². The second-order valence-corrected chi connectivity index (χ2v) is 7.97. The summed E-state index contributed by atoms with van der Waals surface area (Å²) in [7, 11) is 0. The van der Waals surface area contributed by atoms with E-state index in [1.165, 1.54) is 12.1 Å². The highest BCUT2D eigenvalue weighted by molar-refractivity contribution is 6.43. The van der Waals surface area contributed by atoms with E-state index in [4.69, 9.17) is 39.5 Å². The first kappa shape index (κ1) is 19.4. The van der Waals surface area contributed by atoms with Gasteiger partial charge in [-0.1, -0.05) is 62.5 Å². The van der Waals surface area contributed by atoms with Gasteiger partial charge < -0.3 is 9.84 Å². The second kappa shape index (κ2) is 7.76. The molecule has 0 saturated heterocycles. The summed E-state index contributed by atoms with van der Waals surface area (Å²) in [5.41, 5.74) is 0.129. The van der Waals surface area contributed by atoms with Crippen LogP contribution in [0.2, 0.25) is 15.1 Å². The minimum absolute atomic E-state index is 0.129. The Labute approximate surface area is 146 Å². The Morgan fingerprint density at radius 1 is 1.18 bits per heavy atom. The molecule has 124 valence electrons. The van der Waals surface area contributed by atoms with Crippen LogP contribution < -0.4 is 4.74 Å². The quantitative estimate of drug-likeness (QED) is 0.633. The van der Waals surface area contributed by atoms with Gasteiger partial charge in [-0.3, -0.25) is 0 Å². The summed E-state index contributed by atoms with van der Waals surface area (Å²) in [5.74, 6) is -0.600. The lowest BCUT2D eigenvalue weighted by Crippen LogP contribution is -2.30. The summed E-state index contributed by atoms with van der Waals surface area (Å²) in [6, 6.07) is 2.88. The van der Waals surface area contributed by atoms with E-state index < -0.39 is 12.1 Å². The molecular formula is C16H21Cl3O3. The number of halogens is 3. The third kappa shape index (κ3) is 6.23. The molecule has 0 spiro atoms. The normalized spacial score (nSPS) is 14.5. The molecule has 0 amide bonds. The molecule has 1 aromatic rings. The molecular weight excluding hydrogens is 347 g/mol. The first-order chi connectivity index (χ1) is 9.99. The molecule has 1 rings (SSSR count). The Bertz CT molecular complexity index is 538. The molecule has 2 atom stereocenters. The van der Waals surface area contributed by atoms with Crippen molar-refractivity contribution >= 4 is 40.8 Å². The highest BCUT2D eigenvalue weighted by Crippen LogP contribution is 2.35. The van der Waals surface area contributed by atoms with E-state index in [0.29, 0.717) is 11.4 Å². The summed E-state index contributed by atoms with van der Waals surface area (Å²) in [5, 5.41) is 10.2. The van der Waals surface area contributed by atoms with E-state index in [-0.39, 0.29) is 27.1 Å². The Morgan fingerprint density at radius 2 is 1.73 bits per heavy atom. The Kier molecular flexibility index (Phi) is 6.84. The summed E-state index contributed by atoms with van der Waals surface area (Å²) >= 11 is 17.8. The van der Waals surface area contributed by atoms with Crippen molar-refractivity contribution in [3.05, 3.63) is 27.2 Å². The number of carboxylic acid groups (broad SMARTS) is 1. The standard InChI is InChI=1S/C16H21Cl3O3/c1-9(8-16(2,3)4)5-14(15(20)21)22-13-7-11(18)10(17)6-12(13)19/h6-7,9,14H,5,8H2,1-4H3,(H,20,21). The van der Waals surface area contributed by atoms with Crippen LogP contribution in [0.25, 0.3) is 0 Å². The van der Waals surface area contributed by atoms with Gasteiger partial charge in [-0.15, -0.1) is 0 Å². The Hall–Kier alpha value is -0.640. The fourth-order valence-electron chi connectivity index (χ4n) is 2.44. The lowest BCUT2D eigenvalue weighted by molar-refractivity contribution is -0.146. The lowest BCUT2D eigenvalue weighted by atomic mass is 9.83. The average Bonchev–Trinajstić information content (AvgIpc) is 2.32. The van der Waals surface area contributed by atoms with Crippen LogP contribution in [0.5, 0.6) is 5.75 Å². The predicted octanol–water partition coefficient (Wildman–Crippen LogP) is 5.94. The van der Waals surface area contributed by atoms with E-state index in [9.17, 15) is 9.90 Å². The maximum atomic E-state index is 11.4. The largest absolute Gasteiger partial charge is 0.479 e. The molecule has 1 aromatic carbocycles. The number of hydrogen-bond donors (Lipinski definition) is 1. The molecule has 0 aliphatic heterocycles. The molecule has 0 radical (unpaired) electrons. The van der Waals surface area contributed by atoms with E-state index in [1.807, 2.05) is 6.92 Å². The number of carbonyl (C=O) groups is 1. The minimum atomic E-state index is -1.03. The number of carboxylic acids is 1. The molecule has 1 N–H and O–H groups in total.